The van der Waals surface area contributed by atoms with E-state index in [0.717, 1.165) is 22.6 Å². The van der Waals surface area contributed by atoms with Crippen LogP contribution in [0.2, 0.25) is 0 Å². The fourth-order valence-electron chi connectivity index (χ4n) is 3.39. The molecule has 0 amide bonds. The molecule has 0 radical (unpaired) electrons. The van der Waals surface area contributed by atoms with E-state index in [9.17, 15) is 8.42 Å². The maximum atomic E-state index is 13.1. The standard InChI is InChI=1S/C20H26N2O4S/c1-15-16(2)20(10-9-19(15)26-4)27(23,24)22-13-11-21(12-14-22)17-5-7-18(25-3)8-6-17/h5-10H,11-14H2,1-4H3. The predicted octanol–water partition coefficient (Wildman–Crippen LogP) is 2.83. The van der Waals surface area contributed by atoms with Crippen molar-refractivity contribution in [1.82, 2.24) is 4.31 Å². The average molecular weight is 391 g/mol. The van der Waals surface area contributed by atoms with E-state index in [2.05, 4.69) is 4.90 Å². The van der Waals surface area contributed by atoms with Crippen LogP contribution < -0.4 is 14.4 Å². The van der Waals surface area contributed by atoms with Crippen molar-refractivity contribution < 1.29 is 17.9 Å². The van der Waals surface area contributed by atoms with Crippen LogP contribution >= 0.6 is 0 Å². The Kier molecular flexibility index (Phi) is 5.62. The summed E-state index contributed by atoms with van der Waals surface area (Å²) in [7, 11) is -0.293. The number of hydrogen-bond acceptors (Lipinski definition) is 5. The first kappa shape index (κ1) is 19.5. The largest absolute Gasteiger partial charge is 0.497 e. The highest BCUT2D eigenvalue weighted by atomic mass is 32.2. The lowest BCUT2D eigenvalue weighted by Crippen LogP contribution is -2.48. The summed E-state index contributed by atoms with van der Waals surface area (Å²) in [6.45, 7) is 5.93. The summed E-state index contributed by atoms with van der Waals surface area (Å²) in [5.41, 5.74) is 2.67. The zero-order chi connectivity index (χ0) is 19.6. The minimum atomic E-state index is -3.53. The molecular formula is C20H26N2O4S. The van der Waals surface area contributed by atoms with Crippen LogP contribution in [0, 0.1) is 13.8 Å². The molecule has 3 rings (SSSR count). The first-order chi connectivity index (χ1) is 12.9. The minimum absolute atomic E-state index is 0.360. The van der Waals surface area contributed by atoms with Crippen LogP contribution in [-0.4, -0.2) is 53.1 Å². The number of sulfonamides is 1. The van der Waals surface area contributed by atoms with E-state index in [1.165, 1.54) is 0 Å². The van der Waals surface area contributed by atoms with Crippen LogP contribution in [0.4, 0.5) is 5.69 Å². The lowest BCUT2D eigenvalue weighted by atomic mass is 10.1. The van der Waals surface area contributed by atoms with E-state index in [4.69, 9.17) is 9.47 Å². The van der Waals surface area contributed by atoms with Gasteiger partial charge < -0.3 is 14.4 Å². The van der Waals surface area contributed by atoms with Gasteiger partial charge in [-0.15, -0.1) is 0 Å². The molecule has 146 valence electrons. The van der Waals surface area contributed by atoms with Gasteiger partial charge in [-0.25, -0.2) is 8.42 Å². The molecule has 0 unspecified atom stereocenters. The lowest BCUT2D eigenvalue weighted by molar-refractivity contribution is 0.384. The Labute approximate surface area is 161 Å². The average Bonchev–Trinajstić information content (AvgIpc) is 2.70. The molecule has 1 aliphatic heterocycles. The highest BCUT2D eigenvalue weighted by Crippen LogP contribution is 2.30. The number of benzene rings is 2. The Hall–Kier alpha value is -2.25. The van der Waals surface area contributed by atoms with Crippen LogP contribution in [0.15, 0.2) is 41.3 Å². The van der Waals surface area contributed by atoms with Crippen molar-refractivity contribution in [1.29, 1.82) is 0 Å². The summed E-state index contributed by atoms with van der Waals surface area (Å²) < 4.78 is 38.3. The molecule has 0 bridgehead atoms. The normalized spacial score (nSPS) is 15.6. The second kappa shape index (κ2) is 7.78. The summed E-state index contributed by atoms with van der Waals surface area (Å²) >= 11 is 0. The fourth-order valence-corrected chi connectivity index (χ4v) is 5.09. The molecule has 0 saturated carbocycles. The van der Waals surface area contributed by atoms with Crippen molar-refractivity contribution in [3.8, 4) is 11.5 Å². The molecular weight excluding hydrogens is 364 g/mol. The van der Waals surface area contributed by atoms with Crippen LogP contribution in [0.5, 0.6) is 11.5 Å². The van der Waals surface area contributed by atoms with Gasteiger partial charge in [-0.3, -0.25) is 0 Å². The Bertz CT molecular complexity index is 902. The molecule has 7 heteroatoms. The second-order valence-electron chi connectivity index (χ2n) is 6.61. The molecule has 6 nitrogen and oxygen atoms in total. The van der Waals surface area contributed by atoms with E-state index in [-0.39, 0.29) is 0 Å². The topological polar surface area (TPSA) is 59.1 Å². The van der Waals surface area contributed by atoms with Gasteiger partial charge in [0, 0.05) is 31.9 Å². The summed E-state index contributed by atoms with van der Waals surface area (Å²) in [5, 5.41) is 0. The molecule has 1 fully saturated rings. The first-order valence-corrected chi connectivity index (χ1v) is 10.4. The number of piperazine rings is 1. The molecule has 0 spiro atoms. The van der Waals surface area contributed by atoms with E-state index >= 15 is 0 Å². The smallest absolute Gasteiger partial charge is 0.243 e. The monoisotopic (exact) mass is 390 g/mol. The van der Waals surface area contributed by atoms with Gasteiger partial charge in [-0.05, 0) is 61.4 Å². The molecule has 0 atom stereocenters. The zero-order valence-electron chi connectivity index (χ0n) is 16.2. The first-order valence-electron chi connectivity index (χ1n) is 8.92. The van der Waals surface area contributed by atoms with E-state index in [0.29, 0.717) is 36.8 Å². The van der Waals surface area contributed by atoms with Gasteiger partial charge in [0.1, 0.15) is 11.5 Å². The van der Waals surface area contributed by atoms with Gasteiger partial charge in [0.25, 0.3) is 0 Å². The highest BCUT2D eigenvalue weighted by Gasteiger charge is 2.30. The number of hydrogen-bond donors (Lipinski definition) is 0. The predicted molar refractivity (Wildman–Crippen MR) is 106 cm³/mol. The Balaban J connectivity index is 1.75. The molecule has 0 aliphatic carbocycles. The van der Waals surface area contributed by atoms with Crippen LogP contribution in [-0.2, 0) is 10.0 Å². The number of ether oxygens (including phenoxy) is 2. The van der Waals surface area contributed by atoms with Crippen molar-refractivity contribution >= 4 is 15.7 Å². The van der Waals surface area contributed by atoms with Crippen molar-refractivity contribution in [3.05, 3.63) is 47.5 Å². The second-order valence-corrected chi connectivity index (χ2v) is 8.51. The molecule has 1 heterocycles. The third-order valence-electron chi connectivity index (χ3n) is 5.20. The van der Waals surface area contributed by atoms with Gasteiger partial charge in [0.15, 0.2) is 0 Å². The molecule has 2 aromatic carbocycles. The summed E-state index contributed by atoms with van der Waals surface area (Å²) in [4.78, 5) is 2.55. The third kappa shape index (κ3) is 3.75. The fraction of sp³-hybridized carbons (Fsp3) is 0.400. The molecule has 1 saturated heterocycles. The SMILES string of the molecule is COc1ccc(N2CCN(S(=O)(=O)c3ccc(OC)c(C)c3C)CC2)cc1. The van der Waals surface area contributed by atoms with E-state index in [1.807, 2.05) is 38.1 Å². The van der Waals surface area contributed by atoms with Gasteiger partial charge in [-0.1, -0.05) is 0 Å². The Morgan fingerprint density at radius 2 is 1.44 bits per heavy atom. The summed E-state index contributed by atoms with van der Waals surface area (Å²) in [6, 6.07) is 11.2. The summed E-state index contributed by atoms with van der Waals surface area (Å²) in [6.07, 6.45) is 0. The zero-order valence-corrected chi connectivity index (χ0v) is 17.0. The number of methoxy groups -OCH3 is 2. The molecule has 1 aliphatic rings. The summed E-state index contributed by atoms with van der Waals surface area (Å²) in [5.74, 6) is 1.51. The number of nitrogens with zero attached hydrogens (tertiary/aromatic N) is 2. The van der Waals surface area contributed by atoms with Crippen molar-refractivity contribution in [2.24, 2.45) is 0 Å². The van der Waals surface area contributed by atoms with Gasteiger partial charge >= 0.3 is 0 Å². The van der Waals surface area contributed by atoms with Crippen LogP contribution in [0.3, 0.4) is 0 Å². The van der Waals surface area contributed by atoms with Crippen molar-refractivity contribution in [3.63, 3.8) is 0 Å². The highest BCUT2D eigenvalue weighted by molar-refractivity contribution is 7.89. The van der Waals surface area contributed by atoms with Crippen molar-refractivity contribution in [2.75, 3.05) is 45.3 Å². The lowest BCUT2D eigenvalue weighted by Gasteiger charge is -2.35. The quantitative estimate of drug-likeness (QED) is 0.786. The maximum absolute atomic E-state index is 13.1. The Morgan fingerprint density at radius 3 is 2.00 bits per heavy atom. The van der Waals surface area contributed by atoms with Crippen LogP contribution in [0.25, 0.3) is 0 Å². The number of anilines is 1. The van der Waals surface area contributed by atoms with E-state index in [1.54, 1.807) is 30.7 Å². The van der Waals surface area contributed by atoms with Gasteiger partial charge in [-0.2, -0.15) is 4.31 Å². The molecule has 0 N–H and O–H groups in total. The molecule has 2 aromatic rings. The maximum Gasteiger partial charge on any atom is 0.243 e. The van der Waals surface area contributed by atoms with Gasteiger partial charge in [0.05, 0.1) is 19.1 Å². The van der Waals surface area contributed by atoms with E-state index < -0.39 is 10.0 Å². The molecule has 27 heavy (non-hydrogen) atoms. The third-order valence-corrected chi connectivity index (χ3v) is 7.24. The number of rotatable bonds is 5. The minimum Gasteiger partial charge on any atom is -0.497 e. The van der Waals surface area contributed by atoms with Crippen LogP contribution in [0.1, 0.15) is 11.1 Å². The van der Waals surface area contributed by atoms with Crippen molar-refractivity contribution in [2.45, 2.75) is 18.7 Å². The van der Waals surface area contributed by atoms with Gasteiger partial charge in [0.2, 0.25) is 10.0 Å². The Morgan fingerprint density at radius 1 is 0.815 bits per heavy atom. The molecule has 0 aromatic heterocycles.